The van der Waals surface area contributed by atoms with Gasteiger partial charge in [0.2, 0.25) is 5.91 Å². The summed E-state index contributed by atoms with van der Waals surface area (Å²) in [5.41, 5.74) is 6.58. The number of hydrogen-bond acceptors (Lipinski definition) is 3. The van der Waals surface area contributed by atoms with E-state index in [4.69, 9.17) is 10.5 Å². The van der Waals surface area contributed by atoms with Gasteiger partial charge in [-0.15, -0.1) is 0 Å². The molecule has 0 aliphatic heterocycles. The summed E-state index contributed by atoms with van der Waals surface area (Å²) in [5, 5.41) is 2.86. The van der Waals surface area contributed by atoms with E-state index in [9.17, 15) is 9.59 Å². The van der Waals surface area contributed by atoms with Crippen LogP contribution < -0.4 is 15.8 Å². The maximum absolute atomic E-state index is 11.9. The number of benzene rings is 2. The smallest absolute Gasteiger partial charge is 0.258 e. The summed E-state index contributed by atoms with van der Waals surface area (Å²) in [6.07, 6.45) is 0. The van der Waals surface area contributed by atoms with E-state index in [1.54, 1.807) is 24.3 Å². The summed E-state index contributed by atoms with van der Waals surface area (Å²) in [6.45, 7) is 1.82. The summed E-state index contributed by atoms with van der Waals surface area (Å²) in [6, 6.07) is 15.9. The Morgan fingerprint density at radius 2 is 1.73 bits per heavy atom. The zero-order valence-electron chi connectivity index (χ0n) is 12.3. The fourth-order valence-electron chi connectivity index (χ4n) is 1.97. The van der Waals surface area contributed by atoms with E-state index in [0.717, 1.165) is 5.56 Å². The number of nitrogens with one attached hydrogen (secondary N) is 1. The van der Waals surface area contributed by atoms with Crippen molar-refractivity contribution in [2.75, 3.05) is 6.61 Å². The maximum atomic E-state index is 11.9. The lowest BCUT2D eigenvalue weighted by Crippen LogP contribution is -2.31. The summed E-state index contributed by atoms with van der Waals surface area (Å²) in [4.78, 5) is 22.8. The standard InChI is InChI=1S/C17H18N2O3/c1-12(13-5-3-2-4-6-13)19-16(20)11-22-15-9-7-14(8-10-15)17(18)21/h2-10,12H,11H2,1H3,(H2,18,21)(H,19,20)/t12-/m1/s1. The first-order valence-electron chi connectivity index (χ1n) is 6.93. The molecule has 2 aromatic carbocycles. The summed E-state index contributed by atoms with van der Waals surface area (Å²) in [5.74, 6) is -0.205. The van der Waals surface area contributed by atoms with E-state index >= 15 is 0 Å². The van der Waals surface area contributed by atoms with Crippen molar-refractivity contribution in [1.29, 1.82) is 0 Å². The first-order valence-corrected chi connectivity index (χ1v) is 6.93. The van der Waals surface area contributed by atoms with Crippen LogP contribution in [0.5, 0.6) is 5.75 Å². The van der Waals surface area contributed by atoms with Crippen molar-refractivity contribution >= 4 is 11.8 Å². The van der Waals surface area contributed by atoms with Gasteiger partial charge in [-0.05, 0) is 36.8 Å². The first-order chi connectivity index (χ1) is 10.6. The van der Waals surface area contributed by atoms with Gasteiger partial charge in [0.05, 0.1) is 6.04 Å². The van der Waals surface area contributed by atoms with Crippen LogP contribution in [-0.2, 0) is 4.79 Å². The summed E-state index contributed by atoms with van der Waals surface area (Å²) >= 11 is 0. The lowest BCUT2D eigenvalue weighted by molar-refractivity contribution is -0.123. The molecular formula is C17H18N2O3. The van der Waals surface area contributed by atoms with Crippen LogP contribution >= 0.6 is 0 Å². The van der Waals surface area contributed by atoms with Crippen molar-refractivity contribution in [3.05, 3.63) is 65.7 Å². The Morgan fingerprint density at radius 3 is 2.32 bits per heavy atom. The molecule has 5 heteroatoms. The number of ether oxygens (including phenoxy) is 1. The van der Waals surface area contributed by atoms with Gasteiger partial charge in [-0.1, -0.05) is 30.3 Å². The third-order valence-electron chi connectivity index (χ3n) is 3.19. The van der Waals surface area contributed by atoms with Gasteiger partial charge < -0.3 is 15.8 Å². The number of rotatable bonds is 6. The van der Waals surface area contributed by atoms with Crippen molar-refractivity contribution in [2.24, 2.45) is 5.73 Å². The molecule has 0 spiro atoms. The Hall–Kier alpha value is -2.82. The van der Waals surface area contributed by atoms with E-state index in [0.29, 0.717) is 11.3 Å². The van der Waals surface area contributed by atoms with E-state index in [1.165, 1.54) is 0 Å². The Kier molecular flexibility index (Phi) is 5.14. The van der Waals surface area contributed by atoms with Gasteiger partial charge in [-0.3, -0.25) is 9.59 Å². The van der Waals surface area contributed by atoms with E-state index in [2.05, 4.69) is 5.32 Å². The quantitative estimate of drug-likeness (QED) is 0.856. The fraction of sp³-hybridized carbons (Fsp3) is 0.176. The molecule has 5 nitrogen and oxygen atoms in total. The average molecular weight is 298 g/mol. The zero-order chi connectivity index (χ0) is 15.9. The fourth-order valence-corrected chi connectivity index (χ4v) is 1.97. The number of carbonyl (C=O) groups excluding carboxylic acids is 2. The molecule has 0 aliphatic carbocycles. The van der Waals surface area contributed by atoms with Crippen LogP contribution in [0.1, 0.15) is 28.9 Å². The highest BCUT2D eigenvalue weighted by molar-refractivity contribution is 5.92. The molecule has 22 heavy (non-hydrogen) atoms. The Morgan fingerprint density at radius 1 is 1.09 bits per heavy atom. The Labute approximate surface area is 129 Å². The van der Waals surface area contributed by atoms with Gasteiger partial charge in [0.15, 0.2) is 6.61 Å². The zero-order valence-corrected chi connectivity index (χ0v) is 12.3. The maximum Gasteiger partial charge on any atom is 0.258 e. The third-order valence-corrected chi connectivity index (χ3v) is 3.19. The molecule has 0 heterocycles. The van der Waals surface area contributed by atoms with Gasteiger partial charge in [0, 0.05) is 5.56 Å². The van der Waals surface area contributed by atoms with Crippen LogP contribution in [0.4, 0.5) is 0 Å². The normalized spacial score (nSPS) is 11.5. The van der Waals surface area contributed by atoms with Gasteiger partial charge >= 0.3 is 0 Å². The molecule has 0 saturated carbocycles. The molecular weight excluding hydrogens is 280 g/mol. The van der Waals surface area contributed by atoms with E-state index in [1.807, 2.05) is 37.3 Å². The Balaban J connectivity index is 1.83. The molecule has 0 saturated heterocycles. The second-order valence-electron chi connectivity index (χ2n) is 4.88. The van der Waals surface area contributed by atoms with Gasteiger partial charge in [0.1, 0.15) is 5.75 Å². The number of carbonyl (C=O) groups is 2. The topological polar surface area (TPSA) is 81.4 Å². The van der Waals surface area contributed by atoms with Crippen molar-refractivity contribution in [3.63, 3.8) is 0 Å². The highest BCUT2D eigenvalue weighted by Gasteiger charge is 2.09. The largest absolute Gasteiger partial charge is 0.484 e. The van der Waals surface area contributed by atoms with Gasteiger partial charge in [-0.2, -0.15) is 0 Å². The lowest BCUT2D eigenvalue weighted by atomic mass is 10.1. The predicted octanol–water partition coefficient (Wildman–Crippen LogP) is 2.04. The molecule has 0 unspecified atom stereocenters. The van der Waals surface area contributed by atoms with E-state index < -0.39 is 5.91 Å². The molecule has 0 aromatic heterocycles. The molecule has 1 atom stereocenters. The predicted molar refractivity (Wildman–Crippen MR) is 83.5 cm³/mol. The first kappa shape index (κ1) is 15.6. The van der Waals surface area contributed by atoms with Crippen LogP contribution in [-0.4, -0.2) is 18.4 Å². The minimum atomic E-state index is -0.499. The number of primary amides is 1. The Bertz CT molecular complexity index is 639. The molecule has 0 aliphatic rings. The minimum Gasteiger partial charge on any atom is -0.484 e. The number of hydrogen-bond donors (Lipinski definition) is 2. The summed E-state index contributed by atoms with van der Waals surface area (Å²) < 4.78 is 5.38. The molecule has 2 amide bonds. The average Bonchev–Trinajstić information content (AvgIpc) is 2.54. The SMILES string of the molecule is C[C@@H](NC(=O)COc1ccc(C(N)=O)cc1)c1ccccc1. The van der Waals surface area contributed by atoms with E-state index in [-0.39, 0.29) is 18.6 Å². The number of amides is 2. The van der Waals surface area contributed by atoms with Gasteiger partial charge in [-0.25, -0.2) is 0 Å². The number of nitrogens with two attached hydrogens (primary N) is 1. The highest BCUT2D eigenvalue weighted by Crippen LogP contribution is 2.13. The van der Waals surface area contributed by atoms with Crippen LogP contribution in [0.2, 0.25) is 0 Å². The van der Waals surface area contributed by atoms with Crippen molar-refractivity contribution < 1.29 is 14.3 Å². The van der Waals surface area contributed by atoms with Crippen LogP contribution in [0.3, 0.4) is 0 Å². The molecule has 0 fully saturated rings. The molecule has 2 aromatic rings. The van der Waals surface area contributed by atoms with Crippen molar-refractivity contribution in [1.82, 2.24) is 5.32 Å². The minimum absolute atomic E-state index is 0.0884. The monoisotopic (exact) mass is 298 g/mol. The molecule has 0 radical (unpaired) electrons. The highest BCUT2D eigenvalue weighted by atomic mass is 16.5. The third kappa shape index (κ3) is 4.34. The van der Waals surface area contributed by atoms with Crippen LogP contribution in [0, 0.1) is 0 Å². The van der Waals surface area contributed by atoms with Gasteiger partial charge in [0.25, 0.3) is 5.91 Å². The summed E-state index contributed by atoms with van der Waals surface area (Å²) in [7, 11) is 0. The molecule has 2 rings (SSSR count). The molecule has 114 valence electrons. The lowest BCUT2D eigenvalue weighted by Gasteiger charge is -2.14. The second-order valence-corrected chi connectivity index (χ2v) is 4.88. The second kappa shape index (κ2) is 7.26. The van der Waals surface area contributed by atoms with Crippen LogP contribution in [0.25, 0.3) is 0 Å². The van der Waals surface area contributed by atoms with Crippen LogP contribution in [0.15, 0.2) is 54.6 Å². The van der Waals surface area contributed by atoms with Crippen molar-refractivity contribution in [3.8, 4) is 5.75 Å². The molecule has 0 bridgehead atoms. The van der Waals surface area contributed by atoms with Crippen molar-refractivity contribution in [2.45, 2.75) is 13.0 Å². The molecule has 3 N–H and O–H groups in total.